The Kier molecular flexibility index (Phi) is 5.34. The number of rotatable bonds is 4. The molecule has 6 nitrogen and oxygen atoms in total. The molecule has 29 heavy (non-hydrogen) atoms. The number of benzene rings is 2. The number of hydrogen-bond acceptors (Lipinski definition) is 5. The van der Waals surface area contributed by atoms with Gasteiger partial charge in [0.15, 0.2) is 0 Å². The monoisotopic (exact) mass is 427 g/mol. The number of anilines is 2. The highest BCUT2D eigenvalue weighted by molar-refractivity contribution is 8.01. The van der Waals surface area contributed by atoms with Gasteiger partial charge in [-0.3, -0.25) is 9.59 Å². The van der Waals surface area contributed by atoms with E-state index in [9.17, 15) is 9.59 Å². The van der Waals surface area contributed by atoms with Gasteiger partial charge in [0.05, 0.1) is 16.6 Å². The molecule has 0 saturated carbocycles. The van der Waals surface area contributed by atoms with Gasteiger partial charge in [-0.1, -0.05) is 17.7 Å². The van der Waals surface area contributed by atoms with E-state index >= 15 is 0 Å². The van der Waals surface area contributed by atoms with Crippen LogP contribution < -0.4 is 10.6 Å². The van der Waals surface area contributed by atoms with E-state index in [0.29, 0.717) is 22.3 Å². The van der Waals surface area contributed by atoms with Crippen molar-refractivity contribution in [3.8, 4) is 11.5 Å². The number of nitrogens with zero attached hydrogens (tertiary/aromatic N) is 1. The first-order valence-electron chi connectivity index (χ1n) is 9.00. The van der Waals surface area contributed by atoms with Crippen LogP contribution in [0.15, 0.2) is 51.8 Å². The lowest BCUT2D eigenvalue weighted by molar-refractivity contribution is -0.120. The standard InChI is InChI=1S/C21H18ClN3O3S/c1-11-12(2)28-21(23-11)13-4-3-5-15(8-13)24-19(26)10-18-20(27)25-16-9-14(22)6-7-17(16)29-18/h3-9,18H,10H2,1-2H3,(H,24,26)(H,25,27). The number of aromatic nitrogens is 1. The van der Waals surface area contributed by atoms with Crippen molar-refractivity contribution in [1.29, 1.82) is 0 Å². The van der Waals surface area contributed by atoms with Crippen molar-refractivity contribution in [2.75, 3.05) is 10.6 Å². The van der Waals surface area contributed by atoms with E-state index in [1.54, 1.807) is 24.3 Å². The number of amides is 2. The average Bonchev–Trinajstić information content (AvgIpc) is 3.01. The van der Waals surface area contributed by atoms with E-state index in [-0.39, 0.29) is 18.2 Å². The Labute approximate surface area is 177 Å². The summed E-state index contributed by atoms with van der Waals surface area (Å²) in [5.74, 6) is 0.816. The Bertz CT molecular complexity index is 1090. The molecule has 0 radical (unpaired) electrons. The fourth-order valence-corrected chi connectivity index (χ4v) is 4.23. The second kappa shape index (κ2) is 7.93. The van der Waals surface area contributed by atoms with Crippen LogP contribution >= 0.6 is 23.4 Å². The maximum atomic E-state index is 12.5. The van der Waals surface area contributed by atoms with Crippen LogP contribution in [0, 0.1) is 13.8 Å². The van der Waals surface area contributed by atoms with Crippen molar-refractivity contribution >= 4 is 46.6 Å². The molecule has 3 aromatic rings. The van der Waals surface area contributed by atoms with Crippen LogP contribution in [0.1, 0.15) is 17.9 Å². The lowest BCUT2D eigenvalue weighted by atomic mass is 10.2. The van der Waals surface area contributed by atoms with Gasteiger partial charge in [0.25, 0.3) is 0 Å². The van der Waals surface area contributed by atoms with Crippen LogP contribution in [0.5, 0.6) is 0 Å². The highest BCUT2D eigenvalue weighted by Crippen LogP contribution is 2.38. The summed E-state index contributed by atoms with van der Waals surface area (Å²) < 4.78 is 5.65. The number of thioether (sulfide) groups is 1. The predicted molar refractivity (Wildman–Crippen MR) is 114 cm³/mol. The molecular formula is C21H18ClN3O3S. The Balaban J connectivity index is 1.44. The third kappa shape index (κ3) is 4.31. The Morgan fingerprint density at radius 3 is 2.86 bits per heavy atom. The molecule has 4 rings (SSSR count). The minimum Gasteiger partial charge on any atom is -0.441 e. The van der Waals surface area contributed by atoms with Gasteiger partial charge in [0.1, 0.15) is 5.76 Å². The number of carbonyl (C=O) groups is 2. The molecule has 8 heteroatoms. The van der Waals surface area contributed by atoms with E-state index in [2.05, 4.69) is 15.6 Å². The number of carbonyl (C=O) groups excluding carboxylic acids is 2. The van der Waals surface area contributed by atoms with Gasteiger partial charge in [-0.25, -0.2) is 4.98 Å². The predicted octanol–water partition coefficient (Wildman–Crippen LogP) is 5.05. The molecule has 0 spiro atoms. The van der Waals surface area contributed by atoms with Crippen LogP contribution in [0.25, 0.3) is 11.5 Å². The third-order valence-electron chi connectivity index (χ3n) is 4.55. The maximum absolute atomic E-state index is 12.5. The van der Waals surface area contributed by atoms with E-state index < -0.39 is 5.25 Å². The first kappa shape index (κ1) is 19.5. The van der Waals surface area contributed by atoms with Crippen molar-refractivity contribution in [3.05, 3.63) is 58.9 Å². The minimum atomic E-state index is -0.510. The van der Waals surface area contributed by atoms with E-state index in [4.69, 9.17) is 16.0 Å². The van der Waals surface area contributed by atoms with Crippen molar-refractivity contribution in [2.45, 2.75) is 30.4 Å². The average molecular weight is 428 g/mol. The summed E-state index contributed by atoms with van der Waals surface area (Å²) in [6.45, 7) is 3.74. The van der Waals surface area contributed by atoms with Crippen molar-refractivity contribution in [3.63, 3.8) is 0 Å². The molecule has 1 unspecified atom stereocenters. The van der Waals surface area contributed by atoms with Crippen LogP contribution in [-0.4, -0.2) is 22.0 Å². The summed E-state index contributed by atoms with van der Waals surface area (Å²) in [6.07, 6.45) is 0.0556. The molecule has 1 aliphatic rings. The van der Waals surface area contributed by atoms with E-state index in [1.165, 1.54) is 11.8 Å². The van der Waals surface area contributed by atoms with Gasteiger partial charge in [-0.2, -0.15) is 0 Å². The first-order valence-corrected chi connectivity index (χ1v) is 10.3. The molecule has 1 atom stereocenters. The lowest BCUT2D eigenvalue weighted by Gasteiger charge is -2.23. The van der Waals surface area contributed by atoms with Crippen LogP contribution in [0.2, 0.25) is 5.02 Å². The van der Waals surface area contributed by atoms with Crippen molar-refractivity contribution in [2.24, 2.45) is 0 Å². The van der Waals surface area contributed by atoms with E-state index in [0.717, 1.165) is 21.9 Å². The molecule has 1 aliphatic heterocycles. The maximum Gasteiger partial charge on any atom is 0.238 e. The van der Waals surface area contributed by atoms with Gasteiger partial charge in [-0.05, 0) is 50.2 Å². The van der Waals surface area contributed by atoms with Crippen molar-refractivity contribution in [1.82, 2.24) is 4.98 Å². The van der Waals surface area contributed by atoms with E-state index in [1.807, 2.05) is 32.0 Å². The molecule has 2 amide bonds. The topological polar surface area (TPSA) is 84.2 Å². The minimum absolute atomic E-state index is 0.0556. The van der Waals surface area contributed by atoms with Gasteiger partial charge < -0.3 is 15.1 Å². The lowest BCUT2D eigenvalue weighted by Crippen LogP contribution is -2.32. The number of oxazole rings is 1. The number of nitrogens with one attached hydrogen (secondary N) is 2. The summed E-state index contributed by atoms with van der Waals surface area (Å²) >= 11 is 7.33. The zero-order valence-corrected chi connectivity index (χ0v) is 17.4. The number of hydrogen-bond donors (Lipinski definition) is 2. The fraction of sp³-hybridized carbons (Fsp3) is 0.190. The fourth-order valence-electron chi connectivity index (χ4n) is 2.96. The summed E-state index contributed by atoms with van der Waals surface area (Å²) in [5.41, 5.74) is 2.90. The molecule has 0 bridgehead atoms. The van der Waals surface area contributed by atoms with Crippen LogP contribution in [0.3, 0.4) is 0 Å². The molecule has 0 aliphatic carbocycles. The molecule has 2 aromatic carbocycles. The second-order valence-electron chi connectivity index (χ2n) is 6.73. The normalized spacial score (nSPS) is 15.6. The van der Waals surface area contributed by atoms with Gasteiger partial charge >= 0.3 is 0 Å². The SMILES string of the molecule is Cc1nc(-c2cccc(NC(=O)CC3Sc4ccc(Cl)cc4NC3=O)c2)oc1C. The Hall–Kier alpha value is -2.77. The van der Waals surface area contributed by atoms with Gasteiger partial charge in [0.2, 0.25) is 17.7 Å². The van der Waals surface area contributed by atoms with Crippen LogP contribution in [-0.2, 0) is 9.59 Å². The largest absolute Gasteiger partial charge is 0.441 e. The second-order valence-corrected chi connectivity index (χ2v) is 8.41. The quantitative estimate of drug-likeness (QED) is 0.608. The molecule has 0 fully saturated rings. The molecule has 2 heterocycles. The summed E-state index contributed by atoms with van der Waals surface area (Å²) in [4.78, 5) is 30.2. The highest BCUT2D eigenvalue weighted by Gasteiger charge is 2.29. The third-order valence-corrected chi connectivity index (χ3v) is 6.06. The molecule has 2 N–H and O–H groups in total. The zero-order valence-electron chi connectivity index (χ0n) is 15.8. The number of halogens is 1. The van der Waals surface area contributed by atoms with Crippen LogP contribution in [0.4, 0.5) is 11.4 Å². The number of fused-ring (bicyclic) bond motifs is 1. The zero-order chi connectivity index (χ0) is 20.5. The first-order chi connectivity index (χ1) is 13.9. The van der Waals surface area contributed by atoms with Gasteiger partial charge in [-0.15, -0.1) is 11.8 Å². The smallest absolute Gasteiger partial charge is 0.238 e. The summed E-state index contributed by atoms with van der Waals surface area (Å²) in [5, 5.41) is 5.71. The number of aryl methyl sites for hydroxylation is 2. The molecule has 1 aromatic heterocycles. The molecule has 0 saturated heterocycles. The summed E-state index contributed by atoms with van der Waals surface area (Å²) in [6, 6.07) is 12.6. The molecule has 148 valence electrons. The summed E-state index contributed by atoms with van der Waals surface area (Å²) in [7, 11) is 0. The Morgan fingerprint density at radius 1 is 1.28 bits per heavy atom. The molecular weight excluding hydrogens is 410 g/mol. The Morgan fingerprint density at radius 2 is 2.10 bits per heavy atom. The van der Waals surface area contributed by atoms with Crippen molar-refractivity contribution < 1.29 is 14.0 Å². The van der Waals surface area contributed by atoms with Gasteiger partial charge in [0, 0.05) is 27.6 Å². The highest BCUT2D eigenvalue weighted by atomic mass is 35.5.